The van der Waals surface area contributed by atoms with Crippen molar-refractivity contribution >= 4 is 23.0 Å². The number of rotatable bonds is 5. The minimum absolute atomic E-state index is 0.0646. The van der Waals surface area contributed by atoms with Crippen LogP contribution in [0.4, 0.5) is 4.39 Å². The first-order valence-corrected chi connectivity index (χ1v) is 9.62. The van der Waals surface area contributed by atoms with Crippen molar-refractivity contribution in [3.8, 4) is 0 Å². The molecule has 1 fully saturated rings. The fraction of sp³-hybridized carbons (Fsp3) is 0.318. The average Bonchev–Trinajstić information content (AvgIpc) is 3.16. The van der Waals surface area contributed by atoms with Gasteiger partial charge in [-0.25, -0.2) is 9.37 Å². The van der Waals surface area contributed by atoms with Crippen LogP contribution >= 0.6 is 0 Å². The van der Waals surface area contributed by atoms with Crippen LogP contribution in [-0.2, 0) is 20.7 Å². The molecule has 29 heavy (non-hydrogen) atoms. The molecule has 2 heterocycles. The quantitative estimate of drug-likeness (QED) is 0.618. The Labute approximate surface area is 167 Å². The van der Waals surface area contributed by atoms with Crippen molar-refractivity contribution in [3.63, 3.8) is 0 Å². The van der Waals surface area contributed by atoms with Crippen molar-refractivity contribution in [1.29, 1.82) is 0 Å². The number of benzene rings is 2. The van der Waals surface area contributed by atoms with Gasteiger partial charge in [0.25, 0.3) is 5.91 Å². The van der Waals surface area contributed by atoms with Crippen LogP contribution in [0.3, 0.4) is 0 Å². The van der Waals surface area contributed by atoms with Gasteiger partial charge in [0.1, 0.15) is 11.3 Å². The van der Waals surface area contributed by atoms with E-state index in [0.29, 0.717) is 24.5 Å². The van der Waals surface area contributed by atoms with Gasteiger partial charge in [-0.3, -0.25) is 9.59 Å². The number of esters is 1. The van der Waals surface area contributed by atoms with Crippen molar-refractivity contribution in [2.75, 3.05) is 19.7 Å². The van der Waals surface area contributed by atoms with E-state index in [0.717, 1.165) is 23.9 Å². The molecule has 0 N–H and O–H groups in total. The number of para-hydroxylation sites is 2. The van der Waals surface area contributed by atoms with Crippen LogP contribution < -0.4 is 0 Å². The molecule has 7 heteroatoms. The molecule has 0 saturated carbocycles. The summed E-state index contributed by atoms with van der Waals surface area (Å²) in [6, 6.07) is 13.4. The topological polar surface area (TPSA) is 72.6 Å². The molecule has 150 valence electrons. The smallest absolute Gasteiger partial charge is 0.310 e. The Kier molecular flexibility index (Phi) is 5.55. The van der Waals surface area contributed by atoms with Crippen molar-refractivity contribution in [2.45, 2.75) is 25.2 Å². The first kappa shape index (κ1) is 19.1. The van der Waals surface area contributed by atoms with E-state index in [1.165, 1.54) is 18.2 Å². The summed E-state index contributed by atoms with van der Waals surface area (Å²) in [4.78, 5) is 30.5. The van der Waals surface area contributed by atoms with Crippen LogP contribution in [0.15, 0.2) is 52.9 Å². The summed E-state index contributed by atoms with van der Waals surface area (Å²) in [6.07, 6.45) is 1.43. The van der Waals surface area contributed by atoms with Crippen LogP contribution in [-0.4, -0.2) is 41.5 Å². The van der Waals surface area contributed by atoms with Gasteiger partial charge in [0.15, 0.2) is 18.1 Å². The third-order valence-corrected chi connectivity index (χ3v) is 5.10. The largest absolute Gasteiger partial charge is 0.455 e. The average molecular weight is 396 g/mol. The van der Waals surface area contributed by atoms with E-state index in [1.54, 1.807) is 11.0 Å². The Balaban J connectivity index is 1.25. The summed E-state index contributed by atoms with van der Waals surface area (Å²) >= 11 is 0. The highest BCUT2D eigenvalue weighted by atomic mass is 19.1. The van der Waals surface area contributed by atoms with E-state index in [9.17, 15) is 14.0 Å². The number of carbonyl (C=O) groups is 2. The summed E-state index contributed by atoms with van der Waals surface area (Å²) in [5.41, 5.74) is 2.12. The fourth-order valence-electron chi connectivity index (χ4n) is 3.54. The molecular formula is C22H21FN2O4. The second kappa shape index (κ2) is 8.43. The third kappa shape index (κ3) is 4.62. The summed E-state index contributed by atoms with van der Waals surface area (Å²) in [7, 11) is 0. The highest BCUT2D eigenvalue weighted by Crippen LogP contribution is 2.29. The molecule has 1 aliphatic rings. The number of likely N-dealkylation sites (tertiary alicyclic amines) is 1. The van der Waals surface area contributed by atoms with Crippen LogP contribution in [0, 0.1) is 5.82 Å². The maximum Gasteiger partial charge on any atom is 0.310 e. The Bertz CT molecular complexity index is 991. The van der Waals surface area contributed by atoms with Crippen molar-refractivity contribution in [1.82, 2.24) is 9.88 Å². The predicted octanol–water partition coefficient (Wildman–Crippen LogP) is 3.46. The maximum absolute atomic E-state index is 13.2. The van der Waals surface area contributed by atoms with Crippen molar-refractivity contribution in [3.05, 3.63) is 65.8 Å². The van der Waals surface area contributed by atoms with Crippen LogP contribution in [0.1, 0.15) is 30.2 Å². The number of carbonyl (C=O) groups excluding carboxylic acids is 2. The molecule has 1 aliphatic heterocycles. The molecule has 0 atom stereocenters. The normalized spacial score (nSPS) is 14.9. The number of ether oxygens (including phenoxy) is 1. The monoisotopic (exact) mass is 396 g/mol. The molecule has 0 unspecified atom stereocenters. The SMILES string of the molecule is O=C(Cc1cccc(F)c1)OCC(=O)N1CCC(c2nc3ccccc3o2)CC1. The lowest BCUT2D eigenvalue weighted by molar-refractivity contribution is -0.152. The highest BCUT2D eigenvalue weighted by molar-refractivity contribution is 5.81. The summed E-state index contributed by atoms with van der Waals surface area (Å²) < 4.78 is 24.1. The van der Waals surface area contributed by atoms with E-state index in [-0.39, 0.29) is 24.9 Å². The summed E-state index contributed by atoms with van der Waals surface area (Å²) in [6.45, 7) is 0.815. The zero-order valence-electron chi connectivity index (χ0n) is 15.8. The van der Waals surface area contributed by atoms with Gasteiger partial charge in [0.05, 0.1) is 6.42 Å². The molecule has 4 rings (SSSR count). The Morgan fingerprint density at radius 3 is 2.69 bits per heavy atom. The number of nitrogens with zero attached hydrogens (tertiary/aromatic N) is 2. The lowest BCUT2D eigenvalue weighted by atomic mass is 9.97. The lowest BCUT2D eigenvalue weighted by Gasteiger charge is -2.30. The van der Waals surface area contributed by atoms with Crippen LogP contribution in [0.5, 0.6) is 0 Å². The Morgan fingerprint density at radius 1 is 1.14 bits per heavy atom. The molecular weight excluding hydrogens is 375 g/mol. The standard InChI is InChI=1S/C22H21FN2O4/c23-17-5-3-4-15(12-17)13-21(27)28-14-20(26)25-10-8-16(9-11-25)22-24-18-6-1-2-7-19(18)29-22/h1-7,12,16H,8-11,13-14H2. The number of hydrogen-bond acceptors (Lipinski definition) is 5. The number of oxazole rings is 1. The Hall–Kier alpha value is -3.22. The van der Waals surface area contributed by atoms with E-state index in [1.807, 2.05) is 24.3 Å². The molecule has 1 saturated heterocycles. The maximum atomic E-state index is 13.2. The summed E-state index contributed by atoms with van der Waals surface area (Å²) in [5, 5.41) is 0. The summed E-state index contributed by atoms with van der Waals surface area (Å²) in [5.74, 6) is -0.311. The number of piperidine rings is 1. The van der Waals surface area contributed by atoms with Gasteiger partial charge in [0, 0.05) is 19.0 Å². The first-order chi connectivity index (χ1) is 14.1. The van der Waals surface area contributed by atoms with E-state index in [4.69, 9.17) is 9.15 Å². The van der Waals surface area contributed by atoms with E-state index < -0.39 is 11.8 Å². The van der Waals surface area contributed by atoms with Gasteiger partial charge in [-0.15, -0.1) is 0 Å². The second-order valence-corrected chi connectivity index (χ2v) is 7.14. The molecule has 1 aromatic heterocycles. The second-order valence-electron chi connectivity index (χ2n) is 7.14. The van der Waals surface area contributed by atoms with Gasteiger partial charge < -0.3 is 14.1 Å². The van der Waals surface area contributed by atoms with Gasteiger partial charge >= 0.3 is 5.97 Å². The molecule has 1 amide bonds. The van der Waals surface area contributed by atoms with Crippen LogP contribution in [0.2, 0.25) is 0 Å². The van der Waals surface area contributed by atoms with Gasteiger partial charge in [0.2, 0.25) is 0 Å². The first-order valence-electron chi connectivity index (χ1n) is 9.62. The minimum atomic E-state index is -0.551. The van der Waals surface area contributed by atoms with Gasteiger partial charge in [-0.05, 0) is 42.7 Å². The molecule has 0 radical (unpaired) electrons. The number of hydrogen-bond donors (Lipinski definition) is 0. The van der Waals surface area contributed by atoms with Crippen molar-refractivity contribution in [2.24, 2.45) is 0 Å². The number of aromatic nitrogens is 1. The number of fused-ring (bicyclic) bond motifs is 1. The third-order valence-electron chi connectivity index (χ3n) is 5.10. The highest BCUT2D eigenvalue weighted by Gasteiger charge is 2.27. The van der Waals surface area contributed by atoms with Crippen molar-refractivity contribution < 1.29 is 23.1 Å². The molecule has 6 nitrogen and oxygen atoms in total. The van der Waals surface area contributed by atoms with Crippen LogP contribution in [0.25, 0.3) is 11.1 Å². The molecule has 3 aromatic rings. The predicted molar refractivity (Wildman–Crippen MR) is 104 cm³/mol. The van der Waals surface area contributed by atoms with Gasteiger partial charge in [-0.1, -0.05) is 24.3 Å². The zero-order chi connectivity index (χ0) is 20.2. The fourth-order valence-corrected chi connectivity index (χ4v) is 3.54. The van der Waals surface area contributed by atoms with Gasteiger partial charge in [-0.2, -0.15) is 0 Å². The number of halogens is 1. The molecule has 0 spiro atoms. The molecule has 2 aromatic carbocycles. The molecule has 0 bridgehead atoms. The lowest BCUT2D eigenvalue weighted by Crippen LogP contribution is -2.40. The zero-order valence-corrected chi connectivity index (χ0v) is 15.8. The van der Waals surface area contributed by atoms with E-state index in [2.05, 4.69) is 4.98 Å². The molecule has 0 aliphatic carbocycles. The van der Waals surface area contributed by atoms with E-state index >= 15 is 0 Å². The minimum Gasteiger partial charge on any atom is -0.455 e. The number of amides is 1. The Morgan fingerprint density at radius 2 is 1.93 bits per heavy atom.